The molecule has 7 nitrogen and oxygen atoms in total. The number of H-pyrrole nitrogens is 1. The standard InChI is InChI=1S/C23H28N4O3/c1-15-6-8-19-20(11-15)26-23(25-19)27-10-4-5-16(14-27)22(28)24-13-17-12-18(29-2)7-9-21(17)30-3/h6-9,11-12,16H,4-5,10,13-14H2,1-3H3,(H,24,28)(H,25,26)/t16-/m1/s1. The molecular formula is C23H28N4O3. The summed E-state index contributed by atoms with van der Waals surface area (Å²) in [6.45, 7) is 4.02. The van der Waals surface area contributed by atoms with Crippen LogP contribution in [0.3, 0.4) is 0 Å². The van der Waals surface area contributed by atoms with Gasteiger partial charge in [0.1, 0.15) is 11.5 Å². The van der Waals surface area contributed by atoms with Crippen LogP contribution in [-0.4, -0.2) is 43.2 Å². The van der Waals surface area contributed by atoms with Crippen molar-refractivity contribution in [3.63, 3.8) is 0 Å². The number of aromatic amines is 1. The van der Waals surface area contributed by atoms with Crippen LogP contribution in [0.15, 0.2) is 36.4 Å². The first-order valence-corrected chi connectivity index (χ1v) is 10.3. The Hall–Kier alpha value is -3.22. The molecule has 30 heavy (non-hydrogen) atoms. The van der Waals surface area contributed by atoms with Crippen LogP contribution in [0.25, 0.3) is 11.0 Å². The minimum absolute atomic E-state index is 0.0523. The number of benzene rings is 2. The normalized spacial score (nSPS) is 16.5. The molecule has 4 rings (SSSR count). The summed E-state index contributed by atoms with van der Waals surface area (Å²) in [4.78, 5) is 23.2. The lowest BCUT2D eigenvalue weighted by atomic mass is 9.97. The lowest BCUT2D eigenvalue weighted by molar-refractivity contribution is -0.125. The van der Waals surface area contributed by atoms with Crippen molar-refractivity contribution in [2.24, 2.45) is 5.92 Å². The van der Waals surface area contributed by atoms with Crippen molar-refractivity contribution >= 4 is 22.9 Å². The highest BCUT2D eigenvalue weighted by molar-refractivity contribution is 5.80. The summed E-state index contributed by atoms with van der Waals surface area (Å²) < 4.78 is 10.7. The summed E-state index contributed by atoms with van der Waals surface area (Å²) in [5.74, 6) is 2.28. The van der Waals surface area contributed by atoms with Crippen LogP contribution < -0.4 is 19.7 Å². The van der Waals surface area contributed by atoms with Gasteiger partial charge in [0.2, 0.25) is 11.9 Å². The first-order chi connectivity index (χ1) is 14.6. The number of methoxy groups -OCH3 is 2. The molecule has 158 valence electrons. The van der Waals surface area contributed by atoms with Gasteiger partial charge in [-0.2, -0.15) is 0 Å². The van der Waals surface area contributed by atoms with Crippen molar-refractivity contribution in [1.82, 2.24) is 15.3 Å². The van der Waals surface area contributed by atoms with Gasteiger partial charge in [0, 0.05) is 25.2 Å². The number of ether oxygens (including phenoxy) is 2. The van der Waals surface area contributed by atoms with E-state index in [-0.39, 0.29) is 11.8 Å². The molecule has 0 radical (unpaired) electrons. The highest BCUT2D eigenvalue weighted by atomic mass is 16.5. The van der Waals surface area contributed by atoms with E-state index in [1.165, 1.54) is 5.56 Å². The van der Waals surface area contributed by atoms with E-state index in [1.807, 2.05) is 24.3 Å². The maximum absolute atomic E-state index is 12.9. The molecular weight excluding hydrogens is 380 g/mol. The fraction of sp³-hybridized carbons (Fsp3) is 0.391. The maximum atomic E-state index is 12.9. The van der Waals surface area contributed by atoms with Gasteiger partial charge in [-0.1, -0.05) is 6.07 Å². The lowest BCUT2D eigenvalue weighted by Gasteiger charge is -2.31. The fourth-order valence-electron chi connectivity index (χ4n) is 3.99. The van der Waals surface area contributed by atoms with E-state index >= 15 is 0 Å². The van der Waals surface area contributed by atoms with Gasteiger partial charge in [-0.15, -0.1) is 0 Å². The Balaban J connectivity index is 1.42. The molecule has 7 heteroatoms. The number of fused-ring (bicyclic) bond motifs is 1. The van der Waals surface area contributed by atoms with Crippen molar-refractivity contribution in [3.8, 4) is 11.5 Å². The van der Waals surface area contributed by atoms with Gasteiger partial charge in [0.15, 0.2) is 0 Å². The smallest absolute Gasteiger partial charge is 0.225 e. The van der Waals surface area contributed by atoms with Crippen LogP contribution >= 0.6 is 0 Å². The van der Waals surface area contributed by atoms with E-state index in [0.717, 1.165) is 53.4 Å². The number of carbonyl (C=O) groups excluding carboxylic acids is 1. The first-order valence-electron chi connectivity index (χ1n) is 10.3. The van der Waals surface area contributed by atoms with Gasteiger partial charge in [0.05, 0.1) is 31.2 Å². The Labute approximate surface area is 176 Å². The molecule has 1 saturated heterocycles. The molecule has 1 aliphatic rings. The largest absolute Gasteiger partial charge is 0.497 e. The van der Waals surface area contributed by atoms with Crippen LogP contribution in [0.1, 0.15) is 24.0 Å². The van der Waals surface area contributed by atoms with Gasteiger partial charge in [-0.3, -0.25) is 4.79 Å². The summed E-state index contributed by atoms with van der Waals surface area (Å²) in [5, 5.41) is 3.07. The second kappa shape index (κ2) is 8.65. The molecule has 1 fully saturated rings. The third-order valence-electron chi connectivity index (χ3n) is 5.66. The monoisotopic (exact) mass is 408 g/mol. The molecule has 1 atom stereocenters. The van der Waals surface area contributed by atoms with Crippen molar-refractivity contribution in [1.29, 1.82) is 0 Å². The highest BCUT2D eigenvalue weighted by Gasteiger charge is 2.27. The molecule has 1 aliphatic heterocycles. The van der Waals surface area contributed by atoms with E-state index in [0.29, 0.717) is 13.1 Å². The number of rotatable bonds is 6. The molecule has 0 unspecified atom stereocenters. The van der Waals surface area contributed by atoms with Gasteiger partial charge in [-0.25, -0.2) is 4.98 Å². The van der Waals surface area contributed by atoms with E-state index in [2.05, 4.69) is 34.3 Å². The van der Waals surface area contributed by atoms with Crippen molar-refractivity contribution in [2.45, 2.75) is 26.3 Å². The molecule has 2 N–H and O–H groups in total. The number of nitrogens with one attached hydrogen (secondary N) is 2. The number of anilines is 1. The predicted octanol–water partition coefficient (Wildman–Crippen LogP) is 3.42. The fourth-order valence-corrected chi connectivity index (χ4v) is 3.99. The molecule has 0 saturated carbocycles. The average Bonchev–Trinajstić information content (AvgIpc) is 3.20. The maximum Gasteiger partial charge on any atom is 0.225 e. The Kier molecular flexibility index (Phi) is 5.79. The molecule has 0 bridgehead atoms. The second-order valence-corrected chi connectivity index (χ2v) is 7.76. The quantitative estimate of drug-likeness (QED) is 0.653. The minimum Gasteiger partial charge on any atom is -0.497 e. The molecule has 1 aromatic heterocycles. The van der Waals surface area contributed by atoms with Gasteiger partial charge >= 0.3 is 0 Å². The van der Waals surface area contributed by atoms with Crippen LogP contribution in [0, 0.1) is 12.8 Å². The summed E-state index contributed by atoms with van der Waals surface area (Å²) in [5.41, 5.74) is 4.07. The van der Waals surface area contributed by atoms with Crippen LogP contribution in [0.5, 0.6) is 11.5 Å². The second-order valence-electron chi connectivity index (χ2n) is 7.76. The molecule has 0 spiro atoms. The zero-order valence-electron chi connectivity index (χ0n) is 17.7. The number of amides is 1. The van der Waals surface area contributed by atoms with E-state index in [1.54, 1.807) is 14.2 Å². The third kappa shape index (κ3) is 4.20. The summed E-state index contributed by atoms with van der Waals surface area (Å²) in [6, 6.07) is 11.8. The van der Waals surface area contributed by atoms with Crippen molar-refractivity contribution < 1.29 is 14.3 Å². The van der Waals surface area contributed by atoms with Crippen molar-refractivity contribution in [3.05, 3.63) is 47.5 Å². The lowest BCUT2D eigenvalue weighted by Crippen LogP contribution is -2.43. The topological polar surface area (TPSA) is 79.5 Å². The average molecular weight is 409 g/mol. The zero-order chi connectivity index (χ0) is 21.1. The molecule has 3 aromatic rings. The summed E-state index contributed by atoms with van der Waals surface area (Å²) in [7, 11) is 3.25. The van der Waals surface area contributed by atoms with E-state index < -0.39 is 0 Å². The number of hydrogen-bond donors (Lipinski definition) is 2. The van der Waals surface area contributed by atoms with E-state index in [9.17, 15) is 4.79 Å². The predicted molar refractivity (Wildman–Crippen MR) is 117 cm³/mol. The van der Waals surface area contributed by atoms with Gasteiger partial charge in [-0.05, 0) is 55.7 Å². The molecule has 2 heterocycles. The number of imidazole rings is 1. The number of aromatic nitrogens is 2. The minimum atomic E-state index is -0.0784. The van der Waals surface area contributed by atoms with E-state index in [4.69, 9.17) is 14.5 Å². The highest BCUT2D eigenvalue weighted by Crippen LogP contribution is 2.26. The zero-order valence-corrected chi connectivity index (χ0v) is 17.7. The Morgan fingerprint density at radius 3 is 2.90 bits per heavy atom. The summed E-state index contributed by atoms with van der Waals surface area (Å²) >= 11 is 0. The third-order valence-corrected chi connectivity index (χ3v) is 5.66. The van der Waals surface area contributed by atoms with Crippen LogP contribution in [0.4, 0.5) is 5.95 Å². The SMILES string of the molecule is COc1ccc(OC)c(CNC(=O)[C@@H]2CCCN(c3nc4ccc(C)cc4[nH]3)C2)c1. The molecule has 1 amide bonds. The Morgan fingerprint density at radius 1 is 1.23 bits per heavy atom. The number of piperidine rings is 1. The number of carbonyl (C=O) groups is 1. The molecule has 0 aliphatic carbocycles. The summed E-state index contributed by atoms with van der Waals surface area (Å²) in [6.07, 6.45) is 1.83. The Bertz CT molecular complexity index is 1050. The van der Waals surface area contributed by atoms with Crippen LogP contribution in [0.2, 0.25) is 0 Å². The first kappa shape index (κ1) is 20.1. The van der Waals surface area contributed by atoms with Gasteiger partial charge < -0.3 is 24.7 Å². The van der Waals surface area contributed by atoms with Crippen molar-refractivity contribution in [2.75, 3.05) is 32.2 Å². The number of aryl methyl sites for hydroxylation is 1. The van der Waals surface area contributed by atoms with Crippen LogP contribution in [-0.2, 0) is 11.3 Å². The molecule has 2 aromatic carbocycles. The number of nitrogens with zero attached hydrogens (tertiary/aromatic N) is 2. The number of hydrogen-bond acceptors (Lipinski definition) is 5. The van der Waals surface area contributed by atoms with Gasteiger partial charge in [0.25, 0.3) is 0 Å². The Morgan fingerprint density at radius 2 is 2.10 bits per heavy atom.